The van der Waals surface area contributed by atoms with Gasteiger partial charge in [-0.15, -0.1) is 0 Å². The number of amides is 1. The molecule has 1 atom stereocenters. The third-order valence-corrected chi connectivity index (χ3v) is 5.90. The van der Waals surface area contributed by atoms with Crippen LogP contribution in [0, 0.1) is 5.82 Å². The molecule has 3 aromatic rings. The number of hydrogen-bond acceptors (Lipinski definition) is 4. The first kappa shape index (κ1) is 22.4. The molecule has 8 heteroatoms. The molecule has 1 aliphatic heterocycles. The van der Waals surface area contributed by atoms with Gasteiger partial charge in [-0.05, 0) is 52.0 Å². The maximum absolute atomic E-state index is 14.6. The summed E-state index contributed by atoms with van der Waals surface area (Å²) in [7, 11) is 0. The average molecular weight is 459 g/mol. The van der Waals surface area contributed by atoms with Crippen molar-refractivity contribution in [2.24, 2.45) is 0 Å². The highest BCUT2D eigenvalue weighted by molar-refractivity contribution is 6.31. The number of ether oxygens (including phenoxy) is 1. The Bertz CT molecular complexity index is 1120. The van der Waals surface area contributed by atoms with Crippen LogP contribution in [0.1, 0.15) is 33.3 Å². The Morgan fingerprint density at radius 3 is 2.62 bits per heavy atom. The fourth-order valence-electron chi connectivity index (χ4n) is 4.03. The number of fused-ring (bicyclic) bond motifs is 1. The first-order valence-electron chi connectivity index (χ1n) is 10.8. The smallest absolute Gasteiger partial charge is 0.410 e. The Balaban J connectivity index is 1.64. The van der Waals surface area contributed by atoms with Gasteiger partial charge in [-0.2, -0.15) is 0 Å². The van der Waals surface area contributed by atoms with E-state index >= 15 is 0 Å². The number of rotatable bonds is 3. The van der Waals surface area contributed by atoms with E-state index in [4.69, 9.17) is 21.3 Å². The molecule has 1 amide bonds. The number of anilines is 1. The van der Waals surface area contributed by atoms with E-state index in [0.29, 0.717) is 30.2 Å². The van der Waals surface area contributed by atoms with Crippen LogP contribution in [0.2, 0.25) is 5.02 Å². The zero-order chi connectivity index (χ0) is 23.0. The Morgan fingerprint density at radius 1 is 1.19 bits per heavy atom. The van der Waals surface area contributed by atoms with Crippen molar-refractivity contribution in [1.29, 1.82) is 0 Å². The number of carbonyl (C=O) groups excluding carboxylic acids is 1. The number of nitrogens with zero attached hydrogens (tertiary/aromatic N) is 4. The number of benzene rings is 2. The van der Waals surface area contributed by atoms with E-state index in [-0.39, 0.29) is 24.5 Å². The summed E-state index contributed by atoms with van der Waals surface area (Å²) in [5, 5.41) is 0.386. The number of halogens is 2. The number of para-hydroxylation sites is 2. The topological polar surface area (TPSA) is 50.6 Å². The maximum atomic E-state index is 14.6. The van der Waals surface area contributed by atoms with Gasteiger partial charge in [0.25, 0.3) is 0 Å². The molecule has 0 saturated carbocycles. The van der Waals surface area contributed by atoms with Crippen molar-refractivity contribution in [2.45, 2.75) is 45.9 Å². The monoisotopic (exact) mass is 458 g/mol. The highest BCUT2D eigenvalue weighted by Gasteiger charge is 2.32. The van der Waals surface area contributed by atoms with Gasteiger partial charge in [0.15, 0.2) is 0 Å². The van der Waals surface area contributed by atoms with Crippen LogP contribution >= 0.6 is 11.6 Å². The Labute approximate surface area is 192 Å². The van der Waals surface area contributed by atoms with Gasteiger partial charge in [0.05, 0.1) is 17.6 Å². The maximum Gasteiger partial charge on any atom is 0.410 e. The molecule has 1 saturated heterocycles. The zero-order valence-corrected chi connectivity index (χ0v) is 19.6. The van der Waals surface area contributed by atoms with Crippen LogP contribution in [0.3, 0.4) is 0 Å². The average Bonchev–Trinajstić information content (AvgIpc) is 3.08. The summed E-state index contributed by atoms with van der Waals surface area (Å²) in [6.45, 7) is 9.55. The molecule has 0 N–H and O–H groups in total. The third kappa shape index (κ3) is 4.53. The summed E-state index contributed by atoms with van der Waals surface area (Å²) in [4.78, 5) is 21.3. The van der Waals surface area contributed by atoms with Crippen molar-refractivity contribution < 1.29 is 13.9 Å². The van der Waals surface area contributed by atoms with E-state index in [1.807, 2.05) is 56.5 Å². The fourth-order valence-corrected chi connectivity index (χ4v) is 4.26. The largest absolute Gasteiger partial charge is 0.444 e. The highest BCUT2D eigenvalue weighted by Crippen LogP contribution is 2.29. The van der Waals surface area contributed by atoms with Crippen LogP contribution in [-0.4, -0.2) is 51.8 Å². The number of aromatic nitrogens is 2. The van der Waals surface area contributed by atoms with Crippen molar-refractivity contribution >= 4 is 34.7 Å². The van der Waals surface area contributed by atoms with Gasteiger partial charge in [-0.25, -0.2) is 14.2 Å². The normalized spacial score (nSPS) is 17.1. The molecule has 0 radical (unpaired) electrons. The number of piperazine rings is 1. The lowest BCUT2D eigenvalue weighted by atomic mass is 10.2. The molecule has 0 unspecified atom stereocenters. The molecule has 0 spiro atoms. The first-order valence-corrected chi connectivity index (χ1v) is 11.1. The molecule has 1 fully saturated rings. The molecule has 170 valence electrons. The van der Waals surface area contributed by atoms with Crippen molar-refractivity contribution in [2.75, 3.05) is 24.5 Å². The number of hydrogen-bond donors (Lipinski definition) is 0. The Morgan fingerprint density at radius 2 is 1.94 bits per heavy atom. The predicted molar refractivity (Wildman–Crippen MR) is 125 cm³/mol. The number of carbonyl (C=O) groups is 1. The van der Waals surface area contributed by atoms with Crippen molar-refractivity contribution in [3.63, 3.8) is 0 Å². The second-order valence-corrected chi connectivity index (χ2v) is 9.56. The molecule has 1 aliphatic rings. The quantitative estimate of drug-likeness (QED) is 0.532. The molecule has 0 bridgehead atoms. The fraction of sp³-hybridized carbons (Fsp3) is 0.417. The summed E-state index contributed by atoms with van der Waals surface area (Å²) in [6.07, 6.45) is -0.309. The lowest BCUT2D eigenvalue weighted by Crippen LogP contribution is -2.55. The Hall–Kier alpha value is -2.80. The van der Waals surface area contributed by atoms with Gasteiger partial charge >= 0.3 is 6.09 Å². The molecule has 2 aromatic carbocycles. The molecule has 4 rings (SSSR count). The predicted octanol–water partition coefficient (Wildman–Crippen LogP) is 5.32. The summed E-state index contributed by atoms with van der Waals surface area (Å²) in [6, 6.07) is 12.4. The minimum Gasteiger partial charge on any atom is -0.444 e. The van der Waals surface area contributed by atoms with Crippen molar-refractivity contribution in [3.05, 3.63) is 58.9 Å². The van der Waals surface area contributed by atoms with Crippen LogP contribution in [0.4, 0.5) is 15.1 Å². The van der Waals surface area contributed by atoms with E-state index in [9.17, 15) is 9.18 Å². The van der Waals surface area contributed by atoms with E-state index in [2.05, 4.69) is 4.90 Å². The second kappa shape index (κ2) is 8.62. The Kier molecular flexibility index (Phi) is 6.03. The lowest BCUT2D eigenvalue weighted by molar-refractivity contribution is 0.0158. The van der Waals surface area contributed by atoms with E-state index in [1.54, 1.807) is 17.0 Å². The molecule has 2 heterocycles. The molecule has 1 aromatic heterocycles. The SMILES string of the molecule is C[C@@H]1CN(c2nc3ccccc3n2Cc2c(F)cccc2Cl)CCN1C(=O)OC(C)(C)C. The summed E-state index contributed by atoms with van der Waals surface area (Å²) in [5.74, 6) is 0.394. The standard InChI is InChI=1S/C24H28ClFN4O2/c1-16-14-28(12-13-29(16)23(31)32-24(2,3)4)22-27-20-10-5-6-11-21(20)30(22)15-17-18(25)8-7-9-19(17)26/h5-11,16H,12-15H2,1-4H3/t16-/m1/s1. The van der Waals surface area contributed by atoms with Gasteiger partial charge in [0.2, 0.25) is 5.95 Å². The zero-order valence-electron chi connectivity index (χ0n) is 18.8. The van der Waals surface area contributed by atoms with Crippen LogP contribution in [0.5, 0.6) is 0 Å². The first-order chi connectivity index (χ1) is 15.1. The minimum atomic E-state index is -0.541. The van der Waals surface area contributed by atoms with Gasteiger partial charge in [-0.1, -0.05) is 29.8 Å². The van der Waals surface area contributed by atoms with Crippen molar-refractivity contribution in [1.82, 2.24) is 14.5 Å². The molecular weight excluding hydrogens is 431 g/mol. The molecule has 0 aliphatic carbocycles. The van der Waals surface area contributed by atoms with E-state index < -0.39 is 5.60 Å². The van der Waals surface area contributed by atoms with Gasteiger partial charge in [0.1, 0.15) is 11.4 Å². The molecule has 6 nitrogen and oxygen atoms in total. The lowest BCUT2D eigenvalue weighted by Gasteiger charge is -2.40. The molecule has 32 heavy (non-hydrogen) atoms. The van der Waals surface area contributed by atoms with E-state index in [1.165, 1.54) is 6.07 Å². The van der Waals surface area contributed by atoms with E-state index in [0.717, 1.165) is 17.0 Å². The second-order valence-electron chi connectivity index (χ2n) is 9.16. The van der Waals surface area contributed by atoms with Gasteiger partial charge in [-0.3, -0.25) is 0 Å². The van der Waals surface area contributed by atoms with Crippen LogP contribution < -0.4 is 4.90 Å². The van der Waals surface area contributed by atoms with Gasteiger partial charge in [0, 0.05) is 36.3 Å². The summed E-state index contributed by atoms with van der Waals surface area (Å²) in [5.41, 5.74) is 1.63. The minimum absolute atomic E-state index is 0.0658. The van der Waals surface area contributed by atoms with Crippen LogP contribution in [0.15, 0.2) is 42.5 Å². The van der Waals surface area contributed by atoms with Crippen LogP contribution in [0.25, 0.3) is 11.0 Å². The van der Waals surface area contributed by atoms with Gasteiger partial charge < -0.3 is 19.1 Å². The third-order valence-electron chi connectivity index (χ3n) is 5.55. The molecular formula is C24H28ClFN4O2. The number of imidazole rings is 1. The summed E-state index contributed by atoms with van der Waals surface area (Å²) < 4.78 is 22.1. The summed E-state index contributed by atoms with van der Waals surface area (Å²) >= 11 is 6.32. The van der Waals surface area contributed by atoms with Crippen LogP contribution in [-0.2, 0) is 11.3 Å². The van der Waals surface area contributed by atoms with Crippen molar-refractivity contribution in [3.8, 4) is 0 Å². The highest BCUT2D eigenvalue weighted by atomic mass is 35.5.